The van der Waals surface area contributed by atoms with Crippen LogP contribution < -0.4 is 0 Å². The van der Waals surface area contributed by atoms with Gasteiger partial charge in [0.2, 0.25) is 0 Å². The summed E-state index contributed by atoms with van der Waals surface area (Å²) in [6.07, 6.45) is 0.469. The number of likely N-dealkylation sites (N-methyl/N-ethyl adjacent to an activating group) is 1. The minimum Gasteiger partial charge on any atom is -0.508 e. The number of carbonyl (C=O) groups excluding carboxylic acids is 2. The van der Waals surface area contributed by atoms with Crippen molar-refractivity contribution in [1.29, 1.82) is 0 Å². The summed E-state index contributed by atoms with van der Waals surface area (Å²) in [7, 11) is 2.11. The fourth-order valence-corrected chi connectivity index (χ4v) is 6.07. The van der Waals surface area contributed by atoms with Crippen molar-refractivity contribution in [3.63, 3.8) is 0 Å². The lowest BCUT2D eigenvalue weighted by Crippen LogP contribution is -2.47. The Labute approximate surface area is 212 Å². The third-order valence-electron chi connectivity index (χ3n) is 7.61. The normalized spacial score (nSPS) is 23.3. The predicted molar refractivity (Wildman–Crippen MR) is 136 cm³/mol. The molecule has 0 radical (unpaired) electrons. The summed E-state index contributed by atoms with van der Waals surface area (Å²) in [6.45, 7) is 4.95. The SMILES string of the molecule is CN1CCN(CCN2C(=O)C3Cc4c([nH]c5ccc(Br)cc45)C(c4cccc(O)c4)N3C2=O)CC1. The van der Waals surface area contributed by atoms with Crippen LogP contribution in [-0.4, -0.2) is 94.0 Å². The van der Waals surface area contributed by atoms with Gasteiger partial charge in [0, 0.05) is 66.8 Å². The summed E-state index contributed by atoms with van der Waals surface area (Å²) in [5, 5.41) is 11.3. The Balaban J connectivity index is 1.37. The van der Waals surface area contributed by atoms with Crippen molar-refractivity contribution < 1.29 is 14.7 Å². The van der Waals surface area contributed by atoms with Crippen molar-refractivity contribution in [2.75, 3.05) is 46.3 Å². The number of nitrogens with zero attached hydrogens (tertiary/aromatic N) is 4. The molecule has 1 aromatic heterocycles. The topological polar surface area (TPSA) is 83.1 Å². The van der Waals surface area contributed by atoms with Gasteiger partial charge in [-0.1, -0.05) is 28.1 Å². The van der Waals surface area contributed by atoms with Crippen LogP contribution >= 0.6 is 15.9 Å². The molecule has 35 heavy (non-hydrogen) atoms. The lowest BCUT2D eigenvalue weighted by molar-refractivity contribution is -0.128. The molecule has 0 saturated carbocycles. The number of aromatic hydroxyl groups is 1. The van der Waals surface area contributed by atoms with Gasteiger partial charge in [0.05, 0.1) is 0 Å². The van der Waals surface area contributed by atoms with Crippen molar-refractivity contribution >= 4 is 38.8 Å². The number of H-pyrrole nitrogens is 1. The van der Waals surface area contributed by atoms with E-state index in [0.717, 1.165) is 58.4 Å². The fraction of sp³-hybridized carbons (Fsp3) is 0.385. The average Bonchev–Trinajstić information content (AvgIpc) is 3.32. The number of carbonyl (C=O) groups is 2. The number of benzene rings is 2. The molecular formula is C26H28BrN5O3. The van der Waals surface area contributed by atoms with Crippen molar-refractivity contribution in [3.8, 4) is 5.75 Å². The molecule has 0 bridgehead atoms. The molecule has 3 aromatic rings. The number of phenolic OH excluding ortho intramolecular Hbond substituents is 1. The maximum Gasteiger partial charge on any atom is 0.328 e. The molecule has 0 aliphatic carbocycles. The van der Waals surface area contributed by atoms with E-state index in [2.05, 4.69) is 43.8 Å². The van der Waals surface area contributed by atoms with Crippen LogP contribution in [0.3, 0.4) is 0 Å². The van der Waals surface area contributed by atoms with Gasteiger partial charge in [-0.15, -0.1) is 0 Å². The zero-order valence-corrected chi connectivity index (χ0v) is 21.2. The number of aromatic amines is 1. The second-order valence-electron chi connectivity index (χ2n) is 9.75. The minimum atomic E-state index is -0.562. The Morgan fingerprint density at radius 2 is 1.86 bits per heavy atom. The van der Waals surface area contributed by atoms with Gasteiger partial charge in [0.1, 0.15) is 17.8 Å². The molecule has 2 fully saturated rings. The van der Waals surface area contributed by atoms with Crippen LogP contribution in [0.2, 0.25) is 0 Å². The third kappa shape index (κ3) is 3.82. The Morgan fingerprint density at radius 3 is 2.63 bits per heavy atom. The minimum absolute atomic E-state index is 0.134. The van der Waals surface area contributed by atoms with E-state index in [9.17, 15) is 14.7 Å². The number of halogens is 1. The van der Waals surface area contributed by atoms with E-state index in [4.69, 9.17) is 0 Å². The number of nitrogens with one attached hydrogen (secondary N) is 1. The van der Waals surface area contributed by atoms with Crippen LogP contribution in [0, 0.1) is 0 Å². The molecule has 182 valence electrons. The number of aromatic nitrogens is 1. The van der Waals surface area contributed by atoms with Crippen molar-refractivity contribution in [1.82, 2.24) is 24.6 Å². The number of hydrogen-bond donors (Lipinski definition) is 2. The number of amides is 3. The van der Waals surface area contributed by atoms with Crippen molar-refractivity contribution in [2.24, 2.45) is 0 Å². The number of urea groups is 1. The standard InChI is InChI=1S/C26H28BrN5O3/c1-29-7-9-30(10-8-29)11-12-31-25(34)22-15-20-19-14-17(27)5-6-21(19)28-23(20)24(32(22)26(31)35)16-3-2-4-18(33)13-16/h2-6,13-14,22,24,28,33H,7-12,15H2,1H3. The van der Waals surface area contributed by atoms with E-state index < -0.39 is 12.1 Å². The van der Waals surface area contributed by atoms with E-state index in [1.807, 2.05) is 18.2 Å². The summed E-state index contributed by atoms with van der Waals surface area (Å²) in [6, 6.07) is 11.7. The summed E-state index contributed by atoms with van der Waals surface area (Å²) < 4.78 is 0.964. The van der Waals surface area contributed by atoms with Crippen LogP contribution in [0.1, 0.15) is 22.9 Å². The molecule has 2 aromatic carbocycles. The molecule has 3 amide bonds. The number of imide groups is 1. The number of phenols is 1. The second kappa shape index (κ2) is 8.65. The van der Waals surface area contributed by atoms with Gasteiger partial charge in [-0.2, -0.15) is 0 Å². The Kier molecular flexibility index (Phi) is 5.58. The van der Waals surface area contributed by atoms with Gasteiger partial charge in [0.25, 0.3) is 5.91 Å². The van der Waals surface area contributed by atoms with Gasteiger partial charge in [-0.3, -0.25) is 19.5 Å². The zero-order valence-electron chi connectivity index (χ0n) is 19.6. The summed E-state index contributed by atoms with van der Waals surface area (Å²) in [5.41, 5.74) is 3.71. The molecule has 2 atom stereocenters. The molecule has 8 nitrogen and oxygen atoms in total. The van der Waals surface area contributed by atoms with Crippen molar-refractivity contribution in [2.45, 2.75) is 18.5 Å². The molecule has 3 aliphatic heterocycles. The first-order valence-corrected chi connectivity index (χ1v) is 12.8. The molecule has 0 spiro atoms. The molecular weight excluding hydrogens is 510 g/mol. The number of fused-ring (bicyclic) bond motifs is 4. The highest BCUT2D eigenvalue weighted by atomic mass is 79.9. The summed E-state index contributed by atoms with van der Waals surface area (Å²) in [4.78, 5) is 38.6. The highest BCUT2D eigenvalue weighted by Gasteiger charge is 2.52. The largest absolute Gasteiger partial charge is 0.508 e. The van der Waals surface area contributed by atoms with Crippen LogP contribution in [0.15, 0.2) is 46.9 Å². The Bertz CT molecular complexity index is 1320. The first kappa shape index (κ1) is 22.6. The molecule has 2 N–H and O–H groups in total. The monoisotopic (exact) mass is 537 g/mol. The van der Waals surface area contributed by atoms with E-state index in [1.54, 1.807) is 23.1 Å². The highest BCUT2D eigenvalue weighted by molar-refractivity contribution is 9.10. The summed E-state index contributed by atoms with van der Waals surface area (Å²) in [5.74, 6) is -0.000739. The number of hydrogen-bond acceptors (Lipinski definition) is 5. The maximum absolute atomic E-state index is 13.7. The lowest BCUT2D eigenvalue weighted by atomic mass is 9.89. The van der Waals surface area contributed by atoms with E-state index in [0.29, 0.717) is 19.5 Å². The average molecular weight is 538 g/mol. The molecule has 6 rings (SSSR count). The van der Waals surface area contributed by atoms with Crippen molar-refractivity contribution in [3.05, 3.63) is 63.8 Å². The Morgan fingerprint density at radius 1 is 1.06 bits per heavy atom. The Hall–Kier alpha value is -2.88. The smallest absolute Gasteiger partial charge is 0.328 e. The van der Waals surface area contributed by atoms with Gasteiger partial charge in [-0.05, 0) is 48.5 Å². The van der Waals surface area contributed by atoms with Crippen LogP contribution in [0.25, 0.3) is 10.9 Å². The zero-order chi connectivity index (χ0) is 24.3. The first-order chi connectivity index (χ1) is 16.9. The van der Waals surface area contributed by atoms with E-state index >= 15 is 0 Å². The maximum atomic E-state index is 13.7. The predicted octanol–water partition coefficient (Wildman–Crippen LogP) is 3.16. The van der Waals surface area contributed by atoms with Gasteiger partial charge in [-0.25, -0.2) is 4.79 Å². The van der Waals surface area contributed by atoms with Crippen LogP contribution in [-0.2, 0) is 11.2 Å². The number of piperazine rings is 1. The molecule has 4 heterocycles. The van der Waals surface area contributed by atoms with E-state index in [1.165, 1.54) is 4.90 Å². The second-order valence-corrected chi connectivity index (χ2v) is 10.7. The van der Waals surface area contributed by atoms with Crippen LogP contribution in [0.5, 0.6) is 5.75 Å². The highest BCUT2D eigenvalue weighted by Crippen LogP contribution is 2.44. The number of rotatable bonds is 4. The first-order valence-electron chi connectivity index (χ1n) is 12.0. The third-order valence-corrected chi connectivity index (χ3v) is 8.10. The quantitative estimate of drug-likeness (QED) is 0.499. The van der Waals surface area contributed by atoms with Gasteiger partial charge < -0.3 is 15.0 Å². The summed E-state index contributed by atoms with van der Waals surface area (Å²) >= 11 is 3.57. The molecule has 2 saturated heterocycles. The lowest BCUT2D eigenvalue weighted by Gasteiger charge is -2.36. The van der Waals surface area contributed by atoms with Gasteiger partial charge in [0.15, 0.2) is 0 Å². The van der Waals surface area contributed by atoms with Gasteiger partial charge >= 0.3 is 6.03 Å². The molecule has 3 aliphatic rings. The molecule has 9 heteroatoms. The van der Waals surface area contributed by atoms with E-state index in [-0.39, 0.29) is 17.7 Å². The molecule has 2 unspecified atom stereocenters. The van der Waals surface area contributed by atoms with Crippen LogP contribution in [0.4, 0.5) is 4.79 Å². The fourth-order valence-electron chi connectivity index (χ4n) is 5.71.